The van der Waals surface area contributed by atoms with Gasteiger partial charge in [-0.3, -0.25) is 9.59 Å². The average molecular weight is 795 g/mol. The Morgan fingerprint density at radius 1 is 0.828 bits per heavy atom. The first-order valence-electron chi connectivity index (χ1n) is 20.9. The Labute approximate surface area is 340 Å². The lowest BCUT2D eigenvalue weighted by Gasteiger charge is -2.38. The summed E-state index contributed by atoms with van der Waals surface area (Å²) < 4.78 is 9.58. The molecule has 58 heavy (non-hydrogen) atoms. The Balaban J connectivity index is 1.04. The monoisotopic (exact) mass is 794 g/mol. The van der Waals surface area contributed by atoms with E-state index in [0.717, 1.165) is 110 Å². The number of H-pyrrole nitrogens is 2. The number of fused-ring (bicyclic) bond motifs is 4. The molecule has 4 aromatic rings. The van der Waals surface area contributed by atoms with E-state index in [0.29, 0.717) is 6.54 Å². The van der Waals surface area contributed by atoms with Gasteiger partial charge in [0.05, 0.1) is 48.2 Å². The molecule has 3 heterocycles. The zero-order valence-electron chi connectivity index (χ0n) is 34.6. The predicted molar refractivity (Wildman–Crippen MR) is 220 cm³/mol. The van der Waals surface area contributed by atoms with Crippen LogP contribution in [0.3, 0.4) is 0 Å². The minimum atomic E-state index is -0.730. The number of carbonyl (C=O) groups is 4. The largest absolute Gasteiger partial charge is 0.453 e. The number of methoxy groups -OCH3 is 2. The number of nitrogens with one attached hydrogen (secondary N) is 5. The van der Waals surface area contributed by atoms with Crippen molar-refractivity contribution in [1.82, 2.24) is 40.8 Å². The van der Waals surface area contributed by atoms with Gasteiger partial charge in [-0.15, -0.1) is 0 Å². The summed E-state index contributed by atoms with van der Waals surface area (Å²) in [6, 6.07) is 11.5. The van der Waals surface area contributed by atoms with Gasteiger partial charge in [0.15, 0.2) is 0 Å². The number of rotatable bonds is 12. The maximum absolute atomic E-state index is 13.7. The van der Waals surface area contributed by atoms with Crippen molar-refractivity contribution in [2.45, 2.75) is 122 Å². The van der Waals surface area contributed by atoms with Crippen LogP contribution in [-0.2, 0) is 50.3 Å². The van der Waals surface area contributed by atoms with Crippen LogP contribution in [0.25, 0.3) is 22.3 Å². The van der Waals surface area contributed by atoms with E-state index in [1.807, 2.05) is 32.6 Å². The summed E-state index contributed by atoms with van der Waals surface area (Å²) in [5, 5.41) is 8.74. The number of hydrogen-bond acceptors (Lipinski definition) is 8. The van der Waals surface area contributed by atoms with Crippen molar-refractivity contribution in [3.63, 3.8) is 0 Å². The second-order valence-corrected chi connectivity index (χ2v) is 16.9. The second kappa shape index (κ2) is 17.2. The first-order chi connectivity index (χ1) is 27.9. The molecule has 0 bridgehead atoms. The summed E-state index contributed by atoms with van der Waals surface area (Å²) >= 11 is 0. The fourth-order valence-electron chi connectivity index (χ4n) is 9.03. The summed E-state index contributed by atoms with van der Waals surface area (Å²) in [5.74, 6) is 0.986. The predicted octanol–water partition coefficient (Wildman–Crippen LogP) is 6.54. The zero-order chi connectivity index (χ0) is 41.1. The Morgan fingerprint density at radius 2 is 1.50 bits per heavy atom. The Kier molecular flexibility index (Phi) is 12.1. The molecule has 0 radical (unpaired) electrons. The van der Waals surface area contributed by atoms with Crippen molar-refractivity contribution in [2.24, 2.45) is 11.8 Å². The zero-order valence-corrected chi connectivity index (χ0v) is 34.6. The van der Waals surface area contributed by atoms with Crippen LogP contribution in [0.4, 0.5) is 9.59 Å². The first-order valence-corrected chi connectivity index (χ1v) is 20.9. The van der Waals surface area contributed by atoms with Crippen molar-refractivity contribution < 1.29 is 28.7 Å². The van der Waals surface area contributed by atoms with E-state index in [9.17, 15) is 19.2 Å². The van der Waals surface area contributed by atoms with Crippen molar-refractivity contribution in [2.75, 3.05) is 20.8 Å². The lowest BCUT2D eigenvalue weighted by Crippen LogP contribution is -2.56. The van der Waals surface area contributed by atoms with Crippen LogP contribution in [0.2, 0.25) is 0 Å². The number of benzene rings is 2. The van der Waals surface area contributed by atoms with Crippen molar-refractivity contribution in [1.29, 1.82) is 0 Å². The minimum Gasteiger partial charge on any atom is -0.453 e. The fraction of sp³-hybridized carbons (Fsp3) is 0.545. The van der Waals surface area contributed by atoms with Crippen LogP contribution in [0.15, 0.2) is 36.4 Å². The topological polar surface area (TPSA) is 183 Å². The summed E-state index contributed by atoms with van der Waals surface area (Å²) in [6.45, 7) is 8.26. The quantitative estimate of drug-likeness (QED) is 0.107. The number of ether oxygens (including phenoxy) is 2. The molecule has 7 rings (SSSR count). The standard InChI is InChI=1S/C44H58N8O6/c1-25(2)35(49-42(55)57-5)39(53)51-44(20-8-7-9-21-44)41-46-31-18-15-28(24-33(31)47-41)13-12-27-14-17-30-29(23-27)16-19-32-37(30)48-38(45-32)34-11-10-22-52(34)40(54)36(26(3)4)50-43(56)58-6/h14-15,17-18,23-26,34-36H,7-13,16,19-22H2,1-6H3,(H,45,48)(H,46,47)(H,49,55)(H,50,56)(H,51,53)/t34-,35-,36-/m0/s1. The molecule has 2 fully saturated rings. The maximum atomic E-state index is 13.7. The van der Waals surface area contributed by atoms with E-state index in [2.05, 4.69) is 62.3 Å². The van der Waals surface area contributed by atoms with Crippen LogP contribution in [0, 0.1) is 11.8 Å². The molecule has 1 saturated heterocycles. The van der Waals surface area contributed by atoms with Crippen LogP contribution in [-0.4, -0.2) is 81.7 Å². The lowest BCUT2D eigenvalue weighted by atomic mass is 9.80. The molecule has 3 atom stereocenters. The van der Waals surface area contributed by atoms with Crippen LogP contribution >= 0.6 is 0 Å². The van der Waals surface area contributed by atoms with E-state index in [-0.39, 0.29) is 29.7 Å². The highest BCUT2D eigenvalue weighted by atomic mass is 16.5. The summed E-state index contributed by atoms with van der Waals surface area (Å²) in [4.78, 5) is 70.5. The third-order valence-electron chi connectivity index (χ3n) is 12.3. The van der Waals surface area contributed by atoms with E-state index >= 15 is 0 Å². The highest BCUT2D eigenvalue weighted by Crippen LogP contribution is 2.39. The molecule has 3 aliphatic rings. The number of aromatic amines is 2. The van der Waals surface area contributed by atoms with Gasteiger partial charge >= 0.3 is 12.2 Å². The summed E-state index contributed by atoms with van der Waals surface area (Å²) in [5.41, 5.74) is 8.12. The lowest BCUT2D eigenvalue weighted by molar-refractivity contribution is -0.135. The number of aryl methyl sites for hydroxylation is 4. The number of amides is 4. The smallest absolute Gasteiger partial charge is 0.407 e. The van der Waals surface area contributed by atoms with Crippen molar-refractivity contribution in [3.05, 3.63) is 70.4 Å². The highest BCUT2D eigenvalue weighted by Gasteiger charge is 2.41. The van der Waals surface area contributed by atoms with Gasteiger partial charge in [-0.1, -0.05) is 71.2 Å². The molecule has 2 aromatic heterocycles. The van der Waals surface area contributed by atoms with E-state index < -0.39 is 29.8 Å². The number of hydrogen-bond donors (Lipinski definition) is 5. The molecular weight excluding hydrogens is 737 g/mol. The van der Waals surface area contributed by atoms with Crippen molar-refractivity contribution in [3.8, 4) is 11.3 Å². The molecule has 1 saturated carbocycles. The van der Waals surface area contributed by atoms with Gasteiger partial charge < -0.3 is 40.3 Å². The molecule has 2 aliphatic carbocycles. The van der Waals surface area contributed by atoms with Crippen LogP contribution < -0.4 is 16.0 Å². The Bertz CT molecular complexity index is 2150. The molecule has 14 nitrogen and oxygen atoms in total. The number of imidazole rings is 2. The number of alkyl carbamates (subject to hydrolysis) is 2. The van der Waals surface area contributed by atoms with Gasteiger partial charge in [-0.05, 0) is 92.0 Å². The van der Waals surface area contributed by atoms with Crippen molar-refractivity contribution >= 4 is 35.0 Å². The molecule has 0 unspecified atom stereocenters. The summed E-state index contributed by atoms with van der Waals surface area (Å²) in [7, 11) is 2.60. The molecule has 4 amide bonds. The summed E-state index contributed by atoms with van der Waals surface area (Å²) in [6.07, 6.45) is 8.46. The molecular formula is C44H58N8O6. The third-order valence-corrected chi connectivity index (χ3v) is 12.3. The molecule has 0 spiro atoms. The second-order valence-electron chi connectivity index (χ2n) is 16.9. The van der Waals surface area contributed by atoms with Gasteiger partial charge in [-0.25, -0.2) is 19.6 Å². The van der Waals surface area contributed by atoms with Gasteiger partial charge in [0.2, 0.25) is 11.8 Å². The normalized spacial score (nSPS) is 18.3. The number of nitrogens with zero attached hydrogens (tertiary/aromatic N) is 3. The third kappa shape index (κ3) is 8.42. The SMILES string of the molecule is COC(=O)N[C@H](C(=O)NC1(c2nc3ccc(CCc4ccc5c(c4)CCc4nc([C@@H]6CCCN6C(=O)[C@@H](NC(=O)OC)C(C)C)[nH]c4-5)cc3[nH]2)CCCCC1)C(C)C. The number of aromatic nitrogens is 4. The van der Waals surface area contributed by atoms with E-state index in [1.165, 1.54) is 30.9 Å². The highest BCUT2D eigenvalue weighted by molar-refractivity contribution is 5.87. The molecule has 2 aromatic carbocycles. The Morgan fingerprint density at radius 3 is 2.19 bits per heavy atom. The van der Waals surface area contributed by atoms with Crippen LogP contribution in [0.5, 0.6) is 0 Å². The Hall–Kier alpha value is -5.40. The van der Waals surface area contributed by atoms with Gasteiger partial charge in [-0.2, -0.15) is 0 Å². The number of carbonyl (C=O) groups excluding carboxylic acids is 4. The number of likely N-dealkylation sites (tertiary alicyclic amines) is 1. The van der Waals surface area contributed by atoms with E-state index in [4.69, 9.17) is 19.4 Å². The first kappa shape index (κ1) is 40.8. The fourth-order valence-corrected chi connectivity index (χ4v) is 9.03. The van der Waals surface area contributed by atoms with Crippen LogP contribution in [0.1, 0.15) is 113 Å². The van der Waals surface area contributed by atoms with Gasteiger partial charge in [0.1, 0.15) is 23.7 Å². The van der Waals surface area contributed by atoms with Gasteiger partial charge in [0, 0.05) is 12.1 Å². The molecule has 310 valence electrons. The maximum Gasteiger partial charge on any atom is 0.407 e. The van der Waals surface area contributed by atoms with E-state index in [1.54, 1.807) is 0 Å². The average Bonchev–Trinajstić information content (AvgIpc) is 3.99. The molecule has 14 heteroatoms. The minimum absolute atomic E-state index is 0.0947. The molecule has 5 N–H and O–H groups in total. The van der Waals surface area contributed by atoms with Gasteiger partial charge in [0.25, 0.3) is 0 Å². The molecule has 1 aliphatic heterocycles.